The summed E-state index contributed by atoms with van der Waals surface area (Å²) in [7, 11) is 1.61. The Morgan fingerprint density at radius 1 is 1.03 bits per heavy atom. The van der Waals surface area contributed by atoms with Crippen LogP contribution in [-0.4, -0.2) is 23.8 Å². The Labute approximate surface area is 176 Å². The lowest BCUT2D eigenvalue weighted by Gasteiger charge is -2.31. The molecule has 0 aliphatic carbocycles. The molecule has 0 saturated carbocycles. The number of rotatable bonds is 6. The van der Waals surface area contributed by atoms with Crippen molar-refractivity contribution < 1.29 is 14.3 Å². The van der Waals surface area contributed by atoms with Crippen LogP contribution in [-0.2, 0) is 11.3 Å². The summed E-state index contributed by atoms with van der Waals surface area (Å²) in [6, 6.07) is 23.7. The fraction of sp³-hybridized carbons (Fsp3) is 0.200. The van der Waals surface area contributed by atoms with E-state index >= 15 is 0 Å². The van der Waals surface area contributed by atoms with E-state index in [0.717, 1.165) is 16.7 Å². The molecule has 0 fully saturated rings. The minimum absolute atomic E-state index is 0.138. The van der Waals surface area contributed by atoms with Gasteiger partial charge in [0.2, 0.25) is 5.91 Å². The Bertz CT molecular complexity index is 1060. The molecule has 3 aromatic rings. The van der Waals surface area contributed by atoms with E-state index in [1.807, 2.05) is 79.7 Å². The van der Waals surface area contributed by atoms with Gasteiger partial charge >= 0.3 is 0 Å². The number of ether oxygens (including phenoxy) is 1. The van der Waals surface area contributed by atoms with E-state index in [4.69, 9.17) is 4.74 Å². The van der Waals surface area contributed by atoms with Crippen LogP contribution < -0.4 is 10.1 Å². The molecule has 1 aliphatic heterocycles. The molecule has 1 unspecified atom stereocenters. The van der Waals surface area contributed by atoms with Gasteiger partial charge in [-0.05, 0) is 41.8 Å². The summed E-state index contributed by atoms with van der Waals surface area (Å²) in [5.74, 6) is 0.390. The van der Waals surface area contributed by atoms with Crippen molar-refractivity contribution in [2.75, 3.05) is 7.11 Å². The van der Waals surface area contributed by atoms with Gasteiger partial charge in [-0.25, -0.2) is 0 Å². The van der Waals surface area contributed by atoms with Crippen LogP contribution in [0.4, 0.5) is 0 Å². The smallest absolute Gasteiger partial charge is 0.255 e. The second-order valence-corrected chi connectivity index (χ2v) is 7.36. The summed E-state index contributed by atoms with van der Waals surface area (Å²) in [5.41, 5.74) is 3.24. The summed E-state index contributed by atoms with van der Waals surface area (Å²) in [4.78, 5) is 28.2. The molecule has 0 spiro atoms. The highest BCUT2D eigenvalue weighted by Crippen LogP contribution is 2.40. The van der Waals surface area contributed by atoms with Crippen LogP contribution in [0.2, 0.25) is 0 Å². The van der Waals surface area contributed by atoms with Crippen LogP contribution in [0.3, 0.4) is 0 Å². The van der Waals surface area contributed by atoms with E-state index in [-0.39, 0.29) is 17.9 Å². The molecular weight excluding hydrogens is 376 g/mol. The average Bonchev–Trinajstić information content (AvgIpc) is 3.10. The van der Waals surface area contributed by atoms with Gasteiger partial charge in [-0.15, -0.1) is 0 Å². The number of hydrogen-bond donors (Lipinski definition) is 1. The second kappa shape index (κ2) is 8.41. The van der Waals surface area contributed by atoms with Crippen LogP contribution in [0.15, 0.2) is 78.9 Å². The second-order valence-electron chi connectivity index (χ2n) is 7.36. The Kier molecular flexibility index (Phi) is 5.53. The Morgan fingerprint density at radius 3 is 2.53 bits per heavy atom. The third kappa shape index (κ3) is 3.66. The number of amides is 2. The molecule has 152 valence electrons. The number of benzene rings is 3. The zero-order chi connectivity index (χ0) is 21.1. The SMILES string of the molecule is COc1cccc([C@@H](C)N2C(=O)c3ccccc3C2C(=O)NCc2ccccc2)c1. The zero-order valence-corrected chi connectivity index (χ0v) is 17.0. The van der Waals surface area contributed by atoms with Crippen molar-refractivity contribution in [2.45, 2.75) is 25.6 Å². The summed E-state index contributed by atoms with van der Waals surface area (Å²) in [5, 5.41) is 3.00. The molecule has 2 atom stereocenters. The minimum atomic E-state index is -0.682. The summed E-state index contributed by atoms with van der Waals surface area (Å²) >= 11 is 0. The molecule has 1 heterocycles. The molecule has 0 aromatic heterocycles. The first-order chi connectivity index (χ1) is 14.6. The fourth-order valence-corrected chi connectivity index (χ4v) is 3.95. The molecule has 1 N–H and O–H groups in total. The molecule has 0 radical (unpaired) electrons. The van der Waals surface area contributed by atoms with Crippen molar-refractivity contribution in [1.29, 1.82) is 0 Å². The van der Waals surface area contributed by atoms with Gasteiger partial charge in [-0.3, -0.25) is 9.59 Å². The van der Waals surface area contributed by atoms with Crippen molar-refractivity contribution in [2.24, 2.45) is 0 Å². The summed E-state index contributed by atoms with van der Waals surface area (Å²) in [6.07, 6.45) is 0. The highest BCUT2D eigenvalue weighted by atomic mass is 16.5. The number of methoxy groups -OCH3 is 1. The molecule has 30 heavy (non-hydrogen) atoms. The lowest BCUT2D eigenvalue weighted by Crippen LogP contribution is -2.40. The van der Waals surface area contributed by atoms with E-state index in [1.165, 1.54) is 0 Å². The maximum absolute atomic E-state index is 13.3. The predicted octanol–water partition coefficient (Wildman–Crippen LogP) is 4.27. The van der Waals surface area contributed by atoms with Gasteiger partial charge in [0, 0.05) is 12.1 Å². The molecule has 5 heteroatoms. The molecule has 1 aliphatic rings. The Balaban J connectivity index is 1.65. The van der Waals surface area contributed by atoms with Crippen LogP contribution in [0, 0.1) is 0 Å². The van der Waals surface area contributed by atoms with Crippen LogP contribution in [0.25, 0.3) is 0 Å². The van der Waals surface area contributed by atoms with Crippen LogP contribution in [0.5, 0.6) is 5.75 Å². The third-order valence-corrected chi connectivity index (χ3v) is 5.55. The van der Waals surface area contributed by atoms with Gasteiger partial charge < -0.3 is 15.0 Å². The average molecular weight is 400 g/mol. The number of carbonyl (C=O) groups is 2. The van der Waals surface area contributed by atoms with Gasteiger partial charge in [0.1, 0.15) is 11.8 Å². The molecule has 5 nitrogen and oxygen atoms in total. The molecular formula is C25H24N2O3. The largest absolute Gasteiger partial charge is 0.497 e. The van der Waals surface area contributed by atoms with Crippen LogP contribution in [0.1, 0.15) is 46.1 Å². The van der Waals surface area contributed by atoms with E-state index in [0.29, 0.717) is 17.9 Å². The highest BCUT2D eigenvalue weighted by molar-refractivity contribution is 6.04. The molecule has 3 aromatic carbocycles. The lowest BCUT2D eigenvalue weighted by atomic mass is 10.0. The molecule has 4 rings (SSSR count). The number of nitrogens with one attached hydrogen (secondary N) is 1. The summed E-state index contributed by atoms with van der Waals surface area (Å²) < 4.78 is 5.34. The molecule has 0 bridgehead atoms. The predicted molar refractivity (Wildman–Crippen MR) is 115 cm³/mol. The van der Waals surface area contributed by atoms with E-state index in [1.54, 1.807) is 18.1 Å². The van der Waals surface area contributed by atoms with Crippen molar-refractivity contribution in [3.63, 3.8) is 0 Å². The summed E-state index contributed by atoms with van der Waals surface area (Å²) in [6.45, 7) is 2.35. The fourth-order valence-electron chi connectivity index (χ4n) is 3.95. The van der Waals surface area contributed by atoms with Crippen molar-refractivity contribution in [3.05, 3.63) is 101 Å². The van der Waals surface area contributed by atoms with Gasteiger partial charge in [0.05, 0.1) is 13.2 Å². The topological polar surface area (TPSA) is 58.6 Å². The van der Waals surface area contributed by atoms with Crippen molar-refractivity contribution in [3.8, 4) is 5.75 Å². The monoisotopic (exact) mass is 400 g/mol. The first-order valence-corrected chi connectivity index (χ1v) is 9.97. The number of hydrogen-bond acceptors (Lipinski definition) is 3. The Morgan fingerprint density at radius 2 is 1.77 bits per heavy atom. The van der Waals surface area contributed by atoms with E-state index in [2.05, 4.69) is 5.32 Å². The maximum atomic E-state index is 13.3. The van der Waals surface area contributed by atoms with E-state index < -0.39 is 6.04 Å². The zero-order valence-electron chi connectivity index (χ0n) is 17.0. The number of fused-ring (bicyclic) bond motifs is 1. The molecule has 0 saturated heterocycles. The van der Waals surface area contributed by atoms with Gasteiger partial charge in [0.15, 0.2) is 0 Å². The van der Waals surface area contributed by atoms with Gasteiger partial charge in [-0.1, -0.05) is 60.7 Å². The lowest BCUT2D eigenvalue weighted by molar-refractivity contribution is -0.126. The normalized spacial score (nSPS) is 16.1. The standard InChI is InChI=1S/C25H24N2O3/c1-17(19-11-8-12-20(15-19)30-2)27-23(21-13-6-7-14-22(21)25(27)29)24(28)26-16-18-9-4-3-5-10-18/h3-15,17,23H,16H2,1-2H3,(H,26,28)/t17-,23?/m1/s1. The van der Waals surface area contributed by atoms with Gasteiger partial charge in [0.25, 0.3) is 5.91 Å². The van der Waals surface area contributed by atoms with E-state index in [9.17, 15) is 9.59 Å². The van der Waals surface area contributed by atoms with Gasteiger partial charge in [-0.2, -0.15) is 0 Å². The Hall–Kier alpha value is -3.60. The first kappa shape index (κ1) is 19.7. The maximum Gasteiger partial charge on any atom is 0.255 e. The third-order valence-electron chi connectivity index (χ3n) is 5.55. The highest BCUT2D eigenvalue weighted by Gasteiger charge is 2.43. The minimum Gasteiger partial charge on any atom is -0.497 e. The van der Waals surface area contributed by atoms with Crippen LogP contribution >= 0.6 is 0 Å². The number of carbonyl (C=O) groups excluding carboxylic acids is 2. The van der Waals surface area contributed by atoms with Crippen molar-refractivity contribution in [1.82, 2.24) is 10.2 Å². The first-order valence-electron chi connectivity index (χ1n) is 9.97. The van der Waals surface area contributed by atoms with Crippen molar-refractivity contribution >= 4 is 11.8 Å². The quantitative estimate of drug-likeness (QED) is 0.672. The number of nitrogens with zero attached hydrogens (tertiary/aromatic N) is 1. The molecule has 2 amide bonds.